The van der Waals surface area contributed by atoms with Crippen LogP contribution in [0.5, 0.6) is 34.5 Å². The van der Waals surface area contributed by atoms with Crippen LogP contribution in [0.25, 0.3) is 0 Å². The number of rotatable bonds is 20. The number of allylic oxidation sites excluding steroid dienone is 2. The zero-order valence-corrected chi connectivity index (χ0v) is 30.7. The molecule has 0 amide bonds. The van der Waals surface area contributed by atoms with E-state index in [-0.39, 0.29) is 19.6 Å². The van der Waals surface area contributed by atoms with Gasteiger partial charge in [-0.1, -0.05) is 12.2 Å². The van der Waals surface area contributed by atoms with Crippen LogP contribution in [0.15, 0.2) is 120 Å². The molecule has 0 aromatic heterocycles. The SMILES string of the molecule is COc1ccc(OC(=O)c2ccc(OCCCCOC(=O)C3=CC=C(C(=O)OCCCCOc4ccc(C(=O)Oc5ccc(OC)cc5)cc4)C3)cc2)cc1. The van der Waals surface area contributed by atoms with Gasteiger partial charge in [0.05, 0.1) is 51.8 Å². The van der Waals surface area contributed by atoms with Gasteiger partial charge >= 0.3 is 23.9 Å². The number of hydrogen-bond donors (Lipinski definition) is 0. The highest BCUT2D eigenvalue weighted by Gasteiger charge is 2.22. The predicted octanol–water partition coefficient (Wildman–Crippen LogP) is 7.50. The molecule has 0 N–H and O–H groups in total. The van der Waals surface area contributed by atoms with Crippen molar-refractivity contribution in [1.29, 1.82) is 0 Å². The van der Waals surface area contributed by atoms with Gasteiger partial charge in [-0.15, -0.1) is 0 Å². The summed E-state index contributed by atoms with van der Waals surface area (Å²) in [4.78, 5) is 49.8. The summed E-state index contributed by atoms with van der Waals surface area (Å²) in [6.45, 7) is 1.21. The predicted molar refractivity (Wildman–Crippen MR) is 201 cm³/mol. The monoisotopic (exact) mass is 750 g/mol. The van der Waals surface area contributed by atoms with Crippen LogP contribution in [0, 0.1) is 0 Å². The Morgan fingerprint density at radius 1 is 0.418 bits per heavy atom. The average Bonchev–Trinajstić information content (AvgIpc) is 3.72. The van der Waals surface area contributed by atoms with Crippen molar-refractivity contribution >= 4 is 23.9 Å². The van der Waals surface area contributed by atoms with Crippen molar-refractivity contribution in [3.05, 3.63) is 131 Å². The zero-order valence-electron chi connectivity index (χ0n) is 30.7. The molecular weight excluding hydrogens is 708 g/mol. The first-order chi connectivity index (χ1) is 26.8. The van der Waals surface area contributed by atoms with Gasteiger partial charge in [0, 0.05) is 17.6 Å². The van der Waals surface area contributed by atoms with Crippen molar-refractivity contribution in [1.82, 2.24) is 0 Å². The van der Waals surface area contributed by atoms with Crippen LogP contribution in [0.3, 0.4) is 0 Å². The lowest BCUT2D eigenvalue weighted by Gasteiger charge is -2.09. The number of esters is 4. The Balaban J connectivity index is 0.874. The first-order valence-electron chi connectivity index (χ1n) is 17.7. The first-order valence-corrected chi connectivity index (χ1v) is 17.7. The molecule has 1 aliphatic rings. The normalized spacial score (nSPS) is 11.7. The van der Waals surface area contributed by atoms with Crippen LogP contribution < -0.4 is 28.4 Å². The Kier molecular flexibility index (Phi) is 14.9. The van der Waals surface area contributed by atoms with Crippen LogP contribution in [0.4, 0.5) is 0 Å². The van der Waals surface area contributed by atoms with E-state index in [1.165, 1.54) is 0 Å². The third-order valence-corrected chi connectivity index (χ3v) is 8.19. The molecule has 1 aliphatic carbocycles. The van der Waals surface area contributed by atoms with Crippen LogP contribution in [-0.4, -0.2) is 64.5 Å². The lowest BCUT2D eigenvalue weighted by molar-refractivity contribution is -0.139. The summed E-state index contributed by atoms with van der Waals surface area (Å²) < 4.78 is 43.2. The highest BCUT2D eigenvalue weighted by atomic mass is 16.5. The molecule has 0 aliphatic heterocycles. The molecule has 0 radical (unpaired) electrons. The van der Waals surface area contributed by atoms with Crippen molar-refractivity contribution in [2.45, 2.75) is 32.1 Å². The molecule has 4 aromatic carbocycles. The van der Waals surface area contributed by atoms with Crippen LogP contribution >= 0.6 is 0 Å². The second-order valence-corrected chi connectivity index (χ2v) is 12.1. The van der Waals surface area contributed by atoms with E-state index in [2.05, 4.69) is 0 Å². The van der Waals surface area contributed by atoms with Crippen molar-refractivity contribution in [2.75, 3.05) is 40.6 Å². The first kappa shape index (κ1) is 39.6. The van der Waals surface area contributed by atoms with Gasteiger partial charge in [0.25, 0.3) is 0 Å². The molecule has 0 bridgehead atoms. The van der Waals surface area contributed by atoms with Gasteiger partial charge in [-0.2, -0.15) is 0 Å². The fourth-order valence-electron chi connectivity index (χ4n) is 5.10. The molecule has 0 saturated carbocycles. The fraction of sp³-hybridized carbons (Fsp3) is 0.256. The molecule has 12 heteroatoms. The maximum atomic E-state index is 12.5. The van der Waals surface area contributed by atoms with Gasteiger partial charge < -0.3 is 37.9 Å². The van der Waals surface area contributed by atoms with E-state index in [0.717, 1.165) is 0 Å². The molecule has 0 unspecified atom stereocenters. The summed E-state index contributed by atoms with van der Waals surface area (Å²) in [6.07, 6.45) is 5.77. The molecule has 12 nitrogen and oxygen atoms in total. The van der Waals surface area contributed by atoms with Crippen LogP contribution in [-0.2, 0) is 19.1 Å². The number of carbonyl (C=O) groups is 4. The summed E-state index contributed by atoms with van der Waals surface area (Å²) in [5.41, 5.74) is 1.56. The molecule has 0 spiro atoms. The molecular formula is C43H42O12. The average molecular weight is 751 g/mol. The number of unbranched alkanes of at least 4 members (excludes halogenated alkanes) is 2. The molecule has 286 valence electrons. The molecule has 4 aromatic rings. The highest BCUT2D eigenvalue weighted by molar-refractivity contribution is 5.97. The second kappa shape index (κ2) is 20.6. The Hall–Kier alpha value is -6.56. The number of carbonyl (C=O) groups excluding carboxylic acids is 4. The van der Waals surface area contributed by atoms with Gasteiger partial charge in [0.15, 0.2) is 0 Å². The van der Waals surface area contributed by atoms with Crippen molar-refractivity contribution in [3.8, 4) is 34.5 Å². The smallest absolute Gasteiger partial charge is 0.343 e. The highest BCUT2D eigenvalue weighted by Crippen LogP contribution is 2.23. The number of methoxy groups -OCH3 is 2. The summed E-state index contributed by atoms with van der Waals surface area (Å²) >= 11 is 0. The largest absolute Gasteiger partial charge is 0.497 e. The zero-order chi connectivity index (χ0) is 38.8. The van der Waals surface area contributed by atoms with Gasteiger partial charge in [-0.05, 0) is 123 Å². The maximum Gasteiger partial charge on any atom is 0.343 e. The lowest BCUT2D eigenvalue weighted by Crippen LogP contribution is -2.12. The van der Waals surface area contributed by atoms with E-state index in [4.69, 9.17) is 37.9 Å². The fourth-order valence-corrected chi connectivity index (χ4v) is 5.10. The van der Waals surface area contributed by atoms with Crippen molar-refractivity contribution < 1.29 is 57.1 Å². The van der Waals surface area contributed by atoms with Crippen molar-refractivity contribution in [3.63, 3.8) is 0 Å². The third-order valence-electron chi connectivity index (χ3n) is 8.19. The number of hydrogen-bond acceptors (Lipinski definition) is 12. The Morgan fingerprint density at radius 2 is 0.745 bits per heavy atom. The van der Waals surface area contributed by atoms with E-state index in [1.54, 1.807) is 123 Å². The van der Waals surface area contributed by atoms with Gasteiger partial charge in [-0.3, -0.25) is 0 Å². The van der Waals surface area contributed by atoms with Gasteiger partial charge in [0.2, 0.25) is 0 Å². The number of ether oxygens (including phenoxy) is 8. The van der Waals surface area contributed by atoms with Crippen molar-refractivity contribution in [2.24, 2.45) is 0 Å². The van der Waals surface area contributed by atoms with E-state index in [0.29, 0.717) is 95.7 Å². The van der Waals surface area contributed by atoms with Crippen LogP contribution in [0.1, 0.15) is 52.8 Å². The summed E-state index contributed by atoms with van der Waals surface area (Å²) in [7, 11) is 3.12. The quantitative estimate of drug-likeness (QED) is 0.0502. The minimum atomic E-state index is -0.484. The van der Waals surface area contributed by atoms with E-state index in [1.807, 2.05) is 0 Å². The summed E-state index contributed by atoms with van der Waals surface area (Å²) in [5, 5.41) is 0. The minimum Gasteiger partial charge on any atom is -0.497 e. The molecule has 55 heavy (non-hydrogen) atoms. The van der Waals surface area contributed by atoms with Gasteiger partial charge in [-0.25, -0.2) is 19.2 Å². The molecule has 0 fully saturated rings. The Labute approximate surface area is 319 Å². The van der Waals surface area contributed by atoms with E-state index < -0.39 is 23.9 Å². The van der Waals surface area contributed by atoms with Crippen LogP contribution in [0.2, 0.25) is 0 Å². The molecule has 0 saturated heterocycles. The lowest BCUT2D eigenvalue weighted by atomic mass is 10.1. The topological polar surface area (TPSA) is 142 Å². The standard InChI is InChI=1S/C43H42O12/c1-48-34-17-21-38(22-18-34)54-42(46)30-9-13-36(14-10-30)50-25-3-5-27-52-40(44)32-7-8-33(29-32)41(45)53-28-6-4-26-51-37-15-11-31(12-16-37)43(47)55-39-23-19-35(49-2)20-24-39/h7-24H,3-6,25-29H2,1-2H3. The second-order valence-electron chi connectivity index (χ2n) is 12.1. The third kappa shape index (κ3) is 12.5. The van der Waals surface area contributed by atoms with E-state index >= 15 is 0 Å². The minimum absolute atomic E-state index is 0.150. The summed E-state index contributed by atoms with van der Waals surface area (Å²) in [5.74, 6) is 1.44. The summed E-state index contributed by atoms with van der Waals surface area (Å²) in [6, 6.07) is 26.7. The Morgan fingerprint density at radius 3 is 1.11 bits per heavy atom. The molecule has 0 heterocycles. The molecule has 0 atom stereocenters. The number of benzene rings is 4. The van der Waals surface area contributed by atoms with E-state index in [9.17, 15) is 19.2 Å². The van der Waals surface area contributed by atoms with Gasteiger partial charge in [0.1, 0.15) is 34.5 Å². The maximum absolute atomic E-state index is 12.5. The Bertz CT molecular complexity index is 1800. The molecule has 5 rings (SSSR count).